The van der Waals surface area contributed by atoms with Crippen LogP contribution in [0.5, 0.6) is 0 Å². The van der Waals surface area contributed by atoms with Crippen LogP contribution in [0.2, 0.25) is 0 Å². The van der Waals surface area contributed by atoms with E-state index < -0.39 is 18.2 Å². The molecule has 0 aromatic carbocycles. The third-order valence-electron chi connectivity index (χ3n) is 6.55. The average molecular weight is 422 g/mol. The lowest BCUT2D eigenvalue weighted by molar-refractivity contribution is -0.134. The number of carbonyl (C=O) groups excluding carboxylic acids is 2. The highest BCUT2D eigenvalue weighted by atomic mass is 16.6. The summed E-state index contributed by atoms with van der Waals surface area (Å²) in [7, 11) is 0. The summed E-state index contributed by atoms with van der Waals surface area (Å²) < 4.78 is 5.07. The molecule has 0 radical (unpaired) electrons. The number of unbranched alkanes of at least 4 members (excludes halogenated alkanes) is 11. The minimum atomic E-state index is -0.852. The summed E-state index contributed by atoms with van der Waals surface area (Å²) in [5.41, 5.74) is 0. The molecule has 1 aliphatic heterocycles. The van der Waals surface area contributed by atoms with Crippen molar-refractivity contribution in [1.82, 2.24) is 4.90 Å². The van der Waals surface area contributed by atoms with Gasteiger partial charge in [-0.3, -0.25) is 4.79 Å². The Morgan fingerprint density at radius 3 is 2.20 bits per heavy atom. The van der Waals surface area contributed by atoms with E-state index in [1.54, 1.807) is 6.08 Å². The van der Waals surface area contributed by atoms with Gasteiger partial charge in [0, 0.05) is 5.92 Å². The molecule has 0 bridgehead atoms. The number of amides is 2. The van der Waals surface area contributed by atoms with E-state index >= 15 is 0 Å². The van der Waals surface area contributed by atoms with Crippen molar-refractivity contribution in [2.45, 2.75) is 122 Å². The zero-order chi connectivity index (χ0) is 21.6. The van der Waals surface area contributed by atoms with Crippen molar-refractivity contribution >= 4 is 12.0 Å². The molecule has 2 amide bonds. The molecule has 2 atom stereocenters. The van der Waals surface area contributed by atoms with Gasteiger partial charge in [-0.2, -0.15) is 0 Å². The van der Waals surface area contributed by atoms with Crippen molar-refractivity contribution in [1.29, 1.82) is 0 Å². The van der Waals surface area contributed by atoms with Crippen molar-refractivity contribution in [3.8, 4) is 0 Å². The predicted octanol–water partition coefficient (Wildman–Crippen LogP) is 6.14. The smallest absolute Gasteiger partial charge is 0.417 e. The van der Waals surface area contributed by atoms with E-state index in [1.807, 2.05) is 6.08 Å². The second-order valence-electron chi connectivity index (χ2n) is 9.08. The summed E-state index contributed by atoms with van der Waals surface area (Å²) in [6.45, 7) is 2.34. The molecule has 0 aromatic heterocycles. The van der Waals surface area contributed by atoms with E-state index in [2.05, 4.69) is 6.92 Å². The Hall–Kier alpha value is -1.36. The molecule has 1 saturated heterocycles. The van der Waals surface area contributed by atoms with E-state index in [0.29, 0.717) is 0 Å². The van der Waals surface area contributed by atoms with Crippen LogP contribution in [0, 0.1) is 5.92 Å². The van der Waals surface area contributed by atoms with Crippen LogP contribution < -0.4 is 0 Å². The van der Waals surface area contributed by atoms with Gasteiger partial charge in [0.1, 0.15) is 12.6 Å². The van der Waals surface area contributed by atoms with Crippen LogP contribution in [0.4, 0.5) is 4.79 Å². The van der Waals surface area contributed by atoms with Crippen LogP contribution in [0.15, 0.2) is 12.2 Å². The highest BCUT2D eigenvalue weighted by Crippen LogP contribution is 2.29. The van der Waals surface area contributed by atoms with Crippen molar-refractivity contribution in [2.75, 3.05) is 6.61 Å². The predicted molar refractivity (Wildman–Crippen MR) is 120 cm³/mol. The fraction of sp³-hybridized carbons (Fsp3) is 0.840. The minimum Gasteiger partial charge on any atom is -0.447 e. The number of rotatable bonds is 15. The Balaban J connectivity index is 1.56. The van der Waals surface area contributed by atoms with Gasteiger partial charge < -0.3 is 9.84 Å². The number of aliphatic hydroxyl groups is 1. The molecule has 2 aliphatic rings. The van der Waals surface area contributed by atoms with Gasteiger partial charge in [0.15, 0.2) is 0 Å². The first-order chi connectivity index (χ1) is 14.6. The first kappa shape index (κ1) is 24.9. The Labute approximate surface area is 183 Å². The van der Waals surface area contributed by atoms with E-state index in [1.165, 1.54) is 69.1 Å². The molecule has 0 unspecified atom stereocenters. The molecule has 5 heteroatoms. The lowest BCUT2D eigenvalue weighted by atomic mass is 10.0. The normalized spacial score (nSPS) is 20.9. The van der Waals surface area contributed by atoms with E-state index in [9.17, 15) is 14.7 Å². The maximum absolute atomic E-state index is 12.7. The van der Waals surface area contributed by atoms with Gasteiger partial charge in [-0.25, -0.2) is 9.69 Å². The molecule has 0 spiro atoms. The van der Waals surface area contributed by atoms with Crippen molar-refractivity contribution in [2.24, 2.45) is 5.92 Å². The fourth-order valence-electron chi connectivity index (χ4n) is 4.60. The summed E-state index contributed by atoms with van der Waals surface area (Å²) in [5, 5.41) is 10.5. The van der Waals surface area contributed by atoms with Crippen LogP contribution in [-0.4, -0.2) is 40.8 Å². The number of nitrogens with zero attached hydrogens (tertiary/aromatic N) is 1. The molecule has 5 nitrogen and oxygen atoms in total. The number of imide groups is 1. The molecule has 0 aromatic rings. The zero-order valence-corrected chi connectivity index (χ0v) is 19.0. The number of hydrogen-bond donors (Lipinski definition) is 1. The lowest BCUT2D eigenvalue weighted by Gasteiger charge is -2.24. The summed E-state index contributed by atoms with van der Waals surface area (Å²) in [5.74, 6) is -0.261. The lowest BCUT2D eigenvalue weighted by Crippen LogP contribution is -2.47. The topological polar surface area (TPSA) is 66.8 Å². The number of carbonyl (C=O) groups is 2. The van der Waals surface area contributed by atoms with E-state index in [4.69, 9.17) is 4.74 Å². The summed E-state index contributed by atoms with van der Waals surface area (Å²) in [6.07, 6.45) is 21.4. The number of cyclic esters (lactones) is 1. The standard InChI is InChI=1S/C25H43NO4/c1-2-3-4-5-6-7-8-9-10-11-12-13-14-19-23(27)22-20-30-25(29)26(22)24(28)21-17-15-16-18-21/h14,19,21-23,27H,2-13,15-18,20H2,1H3/b19-14+/t22-,23+/m0/s1. The molecule has 1 N–H and O–H groups in total. The molecule has 172 valence electrons. The van der Waals surface area contributed by atoms with Crippen LogP contribution in [0.3, 0.4) is 0 Å². The van der Waals surface area contributed by atoms with Crippen molar-refractivity contribution in [3.05, 3.63) is 12.2 Å². The van der Waals surface area contributed by atoms with Crippen molar-refractivity contribution in [3.63, 3.8) is 0 Å². The van der Waals surface area contributed by atoms with Crippen LogP contribution in [-0.2, 0) is 9.53 Å². The minimum absolute atomic E-state index is 0.0846. The fourth-order valence-corrected chi connectivity index (χ4v) is 4.60. The third kappa shape index (κ3) is 8.41. The van der Waals surface area contributed by atoms with E-state index in [-0.39, 0.29) is 18.4 Å². The van der Waals surface area contributed by atoms with Gasteiger partial charge in [-0.05, 0) is 25.7 Å². The maximum Gasteiger partial charge on any atom is 0.417 e. The Morgan fingerprint density at radius 2 is 1.60 bits per heavy atom. The molecule has 2 fully saturated rings. The monoisotopic (exact) mass is 421 g/mol. The maximum atomic E-state index is 12.7. The van der Waals surface area contributed by atoms with Gasteiger partial charge in [0.25, 0.3) is 0 Å². The first-order valence-electron chi connectivity index (χ1n) is 12.5. The highest BCUT2D eigenvalue weighted by Gasteiger charge is 2.43. The molecule has 1 heterocycles. The Bertz CT molecular complexity index is 527. The van der Waals surface area contributed by atoms with Gasteiger partial charge >= 0.3 is 6.09 Å². The molecular weight excluding hydrogens is 378 g/mol. The number of ether oxygens (including phenoxy) is 1. The summed E-state index contributed by atoms with van der Waals surface area (Å²) in [4.78, 5) is 25.8. The highest BCUT2D eigenvalue weighted by molar-refractivity contribution is 5.95. The number of aliphatic hydroxyl groups excluding tert-OH is 1. The van der Waals surface area contributed by atoms with Crippen LogP contribution in [0.1, 0.15) is 110 Å². The number of allylic oxidation sites excluding steroid dienone is 1. The Morgan fingerprint density at radius 1 is 1.03 bits per heavy atom. The van der Waals surface area contributed by atoms with Gasteiger partial charge in [0.05, 0.1) is 6.10 Å². The molecular formula is C25H43NO4. The van der Waals surface area contributed by atoms with Gasteiger partial charge in [-0.1, -0.05) is 96.1 Å². The van der Waals surface area contributed by atoms with Crippen LogP contribution in [0.25, 0.3) is 0 Å². The third-order valence-corrected chi connectivity index (χ3v) is 6.55. The molecule has 1 saturated carbocycles. The Kier molecular flexibility index (Phi) is 12.1. The number of hydrogen-bond acceptors (Lipinski definition) is 4. The van der Waals surface area contributed by atoms with Crippen molar-refractivity contribution < 1.29 is 19.4 Å². The average Bonchev–Trinajstić information content (AvgIpc) is 3.41. The summed E-state index contributed by atoms with van der Waals surface area (Å²) >= 11 is 0. The SMILES string of the molecule is CCCCCCCCCCCCC/C=C/[C@@H](O)[C@@H]1COC(=O)N1C(=O)C1CCCC1. The van der Waals surface area contributed by atoms with Crippen LogP contribution >= 0.6 is 0 Å². The second kappa shape index (κ2) is 14.6. The molecule has 2 rings (SSSR count). The van der Waals surface area contributed by atoms with E-state index in [0.717, 1.165) is 38.5 Å². The zero-order valence-electron chi connectivity index (χ0n) is 19.0. The largest absolute Gasteiger partial charge is 0.447 e. The second-order valence-corrected chi connectivity index (χ2v) is 9.08. The van der Waals surface area contributed by atoms with Gasteiger partial charge in [-0.15, -0.1) is 0 Å². The quantitative estimate of drug-likeness (QED) is 0.255. The van der Waals surface area contributed by atoms with Gasteiger partial charge in [0.2, 0.25) is 5.91 Å². The molecule has 1 aliphatic carbocycles. The summed E-state index contributed by atoms with van der Waals surface area (Å²) in [6, 6.07) is -0.584. The molecule has 30 heavy (non-hydrogen) atoms. The first-order valence-corrected chi connectivity index (χ1v) is 12.5.